The molecule has 32 heavy (non-hydrogen) atoms. The van der Waals surface area contributed by atoms with Gasteiger partial charge >= 0.3 is 195 Å². The number of nitrogen functional groups attached to an aromatic ring is 1. The molecule has 0 bridgehead atoms. The van der Waals surface area contributed by atoms with Gasteiger partial charge in [-0.15, -0.1) is 0 Å². The summed E-state index contributed by atoms with van der Waals surface area (Å²) in [5.41, 5.74) is 7.25. The van der Waals surface area contributed by atoms with E-state index >= 15 is 0 Å². The van der Waals surface area contributed by atoms with Crippen molar-refractivity contribution in [3.8, 4) is 0 Å². The van der Waals surface area contributed by atoms with E-state index in [0.29, 0.717) is 11.2 Å². The molecule has 2 heterocycles. The second-order valence-corrected chi connectivity index (χ2v) is 22.0. The number of imidazole rings is 1. The zero-order chi connectivity index (χ0) is 23.0. The zero-order valence-electron chi connectivity index (χ0n) is 19.7. The van der Waals surface area contributed by atoms with Crippen molar-refractivity contribution in [1.29, 1.82) is 0 Å². The van der Waals surface area contributed by atoms with Crippen LogP contribution in [0.15, 0.2) is 35.4 Å². The van der Waals surface area contributed by atoms with Crippen molar-refractivity contribution < 1.29 is 4.84 Å². The first kappa shape index (κ1) is 24.6. The van der Waals surface area contributed by atoms with Crippen LogP contribution in [0.1, 0.15) is 64.9 Å². The summed E-state index contributed by atoms with van der Waals surface area (Å²) in [6, 6.07) is 8.94. The van der Waals surface area contributed by atoms with E-state index in [2.05, 4.69) is 60.0 Å². The molecule has 7 nitrogen and oxygen atoms in total. The molecule has 0 radical (unpaired) electrons. The van der Waals surface area contributed by atoms with E-state index in [1.54, 1.807) is 3.58 Å². The average molecular weight is 546 g/mol. The van der Waals surface area contributed by atoms with E-state index in [4.69, 9.17) is 10.6 Å². The molecule has 0 spiro atoms. The van der Waals surface area contributed by atoms with Crippen molar-refractivity contribution in [2.45, 2.75) is 79.2 Å². The fraction of sp³-hybridized carbons (Fsp3) is 0.542. The fourth-order valence-corrected chi connectivity index (χ4v) is 20.6. The van der Waals surface area contributed by atoms with Crippen molar-refractivity contribution in [2.24, 2.45) is 0 Å². The number of benzene rings is 1. The maximum atomic E-state index is 12.7. The minimum atomic E-state index is -2.52. The summed E-state index contributed by atoms with van der Waals surface area (Å²) in [6.45, 7) is 7.17. The van der Waals surface area contributed by atoms with Gasteiger partial charge in [-0.25, -0.2) is 0 Å². The molecule has 0 saturated heterocycles. The molecule has 0 fully saturated rings. The Labute approximate surface area is 194 Å². The number of anilines is 1. The average Bonchev–Trinajstić information content (AvgIpc) is 3.27. The minimum absolute atomic E-state index is 0.00751. The number of aromatic amines is 1. The van der Waals surface area contributed by atoms with E-state index in [-0.39, 0.29) is 18.1 Å². The van der Waals surface area contributed by atoms with E-state index in [9.17, 15) is 4.79 Å². The summed E-state index contributed by atoms with van der Waals surface area (Å²) >= 11 is -2.52. The van der Waals surface area contributed by atoms with Crippen LogP contribution in [0.5, 0.6) is 0 Å². The normalized spacial score (nSPS) is 11.8. The molecular weight excluding hydrogens is 509 g/mol. The van der Waals surface area contributed by atoms with Crippen molar-refractivity contribution in [1.82, 2.24) is 19.7 Å². The Morgan fingerprint density at radius 1 is 1.06 bits per heavy atom. The van der Waals surface area contributed by atoms with Crippen molar-refractivity contribution in [2.75, 3.05) is 5.73 Å². The van der Waals surface area contributed by atoms with Crippen LogP contribution in [-0.4, -0.2) is 38.1 Å². The van der Waals surface area contributed by atoms with E-state index in [0.717, 1.165) is 10.3 Å². The van der Waals surface area contributed by atoms with Crippen LogP contribution in [0.2, 0.25) is 13.3 Å². The summed E-state index contributed by atoms with van der Waals surface area (Å²) in [7, 11) is 0. The Kier molecular flexibility index (Phi) is 9.01. The molecule has 1 aromatic carbocycles. The van der Waals surface area contributed by atoms with E-state index < -0.39 is 18.4 Å². The Hall–Kier alpha value is -2.03. The fourth-order valence-electron chi connectivity index (χ4n) is 4.50. The SMILES string of the molecule is CCC[CH2][Sn]([CH2]CCC)([CH2]CCC)[c]1cccc(COn2c(N)nc3nc[nH]c3c2=O)c1. The van der Waals surface area contributed by atoms with Crippen LogP contribution in [0, 0.1) is 0 Å². The van der Waals surface area contributed by atoms with Gasteiger partial charge in [0.25, 0.3) is 0 Å². The number of H-pyrrole nitrogens is 1. The predicted octanol–water partition coefficient (Wildman–Crippen LogP) is 4.39. The van der Waals surface area contributed by atoms with Crippen LogP contribution < -0.4 is 19.7 Å². The molecule has 174 valence electrons. The third kappa shape index (κ3) is 5.66. The standard InChI is InChI=1S/C12H10N5O2.3C4H9.Sn/c13-12-16-10-9(14-7-15-10)11(18)17(12)19-6-8-4-2-1-3-5-8;3*1-3-4-2;/h1-2,4-5,7H,6H2,(H2,13,16)(H,14,15);3*1,3-4H2,2H3;. The molecule has 0 atom stereocenters. The molecule has 3 rings (SSSR count). The van der Waals surface area contributed by atoms with Gasteiger partial charge in [-0.05, 0) is 0 Å². The van der Waals surface area contributed by atoms with E-state index in [1.165, 1.54) is 58.2 Å². The summed E-state index contributed by atoms with van der Waals surface area (Å²) < 4.78 is 6.92. The van der Waals surface area contributed by atoms with Crippen LogP contribution in [0.3, 0.4) is 0 Å². The Balaban J connectivity index is 1.87. The maximum absolute atomic E-state index is 12.7. The first-order valence-corrected chi connectivity index (χ1v) is 19.5. The van der Waals surface area contributed by atoms with Crippen LogP contribution in [0.4, 0.5) is 5.95 Å². The molecule has 3 N–H and O–H groups in total. The Bertz CT molecular complexity index is 1040. The number of rotatable bonds is 13. The molecule has 2 aromatic heterocycles. The summed E-state index contributed by atoms with van der Waals surface area (Å²) in [6.07, 6.45) is 9.17. The predicted molar refractivity (Wildman–Crippen MR) is 134 cm³/mol. The Morgan fingerprint density at radius 3 is 2.34 bits per heavy atom. The van der Waals surface area contributed by atoms with Crippen LogP contribution in [-0.2, 0) is 6.61 Å². The van der Waals surface area contributed by atoms with Crippen LogP contribution in [0.25, 0.3) is 11.2 Å². The number of nitrogens with two attached hydrogens (primary N) is 1. The van der Waals surface area contributed by atoms with Gasteiger partial charge < -0.3 is 0 Å². The summed E-state index contributed by atoms with van der Waals surface area (Å²) in [5.74, 6) is 0.00751. The number of hydrogen-bond acceptors (Lipinski definition) is 5. The number of aromatic nitrogens is 4. The van der Waals surface area contributed by atoms with Gasteiger partial charge in [-0.3, -0.25) is 0 Å². The molecule has 3 aromatic rings. The summed E-state index contributed by atoms with van der Waals surface area (Å²) in [5, 5.41) is 0. The van der Waals surface area contributed by atoms with Gasteiger partial charge in [-0.1, -0.05) is 0 Å². The quantitative estimate of drug-likeness (QED) is 0.310. The van der Waals surface area contributed by atoms with Gasteiger partial charge in [-0.2, -0.15) is 0 Å². The molecule has 8 heteroatoms. The second kappa shape index (κ2) is 11.7. The van der Waals surface area contributed by atoms with Crippen LogP contribution >= 0.6 is 0 Å². The van der Waals surface area contributed by atoms with Gasteiger partial charge in [0.2, 0.25) is 0 Å². The zero-order valence-corrected chi connectivity index (χ0v) is 22.5. The molecule has 0 aliphatic rings. The summed E-state index contributed by atoms with van der Waals surface area (Å²) in [4.78, 5) is 29.5. The first-order valence-electron chi connectivity index (χ1n) is 12.0. The Morgan fingerprint density at radius 2 is 1.72 bits per heavy atom. The third-order valence-corrected chi connectivity index (χ3v) is 22.0. The third-order valence-electron chi connectivity index (χ3n) is 6.37. The molecule has 0 aliphatic heterocycles. The molecule has 0 saturated carbocycles. The monoisotopic (exact) mass is 547 g/mol. The molecule has 0 aliphatic carbocycles. The van der Waals surface area contributed by atoms with Gasteiger partial charge in [0, 0.05) is 0 Å². The number of nitrogens with one attached hydrogen (secondary N) is 1. The number of fused-ring (bicyclic) bond motifs is 1. The van der Waals surface area contributed by atoms with Crippen molar-refractivity contribution in [3.63, 3.8) is 0 Å². The van der Waals surface area contributed by atoms with Crippen molar-refractivity contribution in [3.05, 3.63) is 46.5 Å². The number of nitrogens with zero attached hydrogens (tertiary/aromatic N) is 3. The number of hydrogen-bond donors (Lipinski definition) is 2. The van der Waals surface area contributed by atoms with E-state index in [1.807, 2.05) is 0 Å². The van der Waals surface area contributed by atoms with Crippen molar-refractivity contribution >= 4 is 39.1 Å². The van der Waals surface area contributed by atoms with Gasteiger partial charge in [0.15, 0.2) is 0 Å². The molecule has 0 amide bonds. The molecular formula is C24H37N5O2Sn. The molecule has 0 unspecified atom stereocenters. The second-order valence-electron chi connectivity index (χ2n) is 8.74. The topological polar surface area (TPSA) is 98.8 Å². The van der Waals surface area contributed by atoms with Gasteiger partial charge in [0.05, 0.1) is 0 Å². The first-order chi connectivity index (χ1) is 15.5. The van der Waals surface area contributed by atoms with Gasteiger partial charge in [0.1, 0.15) is 0 Å². The number of unbranched alkanes of at least 4 members (excludes halogenated alkanes) is 3.